The Balaban J connectivity index is 0.000000921. The summed E-state index contributed by atoms with van der Waals surface area (Å²) in [6, 6.07) is 9.62. The Hall–Kier alpha value is -1.31. The summed E-state index contributed by atoms with van der Waals surface area (Å²) in [6.07, 6.45) is 0. The van der Waals surface area contributed by atoms with Gasteiger partial charge in [0.1, 0.15) is 0 Å². The van der Waals surface area contributed by atoms with Crippen LogP contribution in [0, 0.1) is 0 Å². The standard InChI is InChI=1S/C11H14O2.C2H6/c1-11(2,10(12)13-3)9-7-5-4-6-8-9;1-2/h4-8H,1-3H3;1-2H3. The van der Waals surface area contributed by atoms with E-state index < -0.39 is 5.41 Å². The molecular weight excluding hydrogens is 188 g/mol. The van der Waals surface area contributed by atoms with Crippen molar-refractivity contribution in [2.45, 2.75) is 33.1 Å². The quantitative estimate of drug-likeness (QED) is 0.698. The molecule has 1 aromatic carbocycles. The largest absolute Gasteiger partial charge is 0.468 e. The lowest BCUT2D eigenvalue weighted by atomic mass is 9.85. The zero-order chi connectivity index (χ0) is 11.9. The second-order valence-corrected chi connectivity index (χ2v) is 3.48. The summed E-state index contributed by atoms with van der Waals surface area (Å²) in [7, 11) is 1.41. The summed E-state index contributed by atoms with van der Waals surface area (Å²) >= 11 is 0. The van der Waals surface area contributed by atoms with Crippen LogP contribution in [0.3, 0.4) is 0 Å². The molecule has 15 heavy (non-hydrogen) atoms. The fourth-order valence-electron chi connectivity index (χ4n) is 1.23. The van der Waals surface area contributed by atoms with E-state index in [1.54, 1.807) is 0 Å². The second-order valence-electron chi connectivity index (χ2n) is 3.48. The number of rotatable bonds is 2. The zero-order valence-electron chi connectivity index (χ0n) is 10.2. The normalized spacial score (nSPS) is 9.93. The van der Waals surface area contributed by atoms with E-state index in [4.69, 9.17) is 4.74 Å². The van der Waals surface area contributed by atoms with Gasteiger partial charge in [-0.25, -0.2) is 0 Å². The Morgan fingerprint density at radius 1 is 1.13 bits per heavy atom. The van der Waals surface area contributed by atoms with Crippen molar-refractivity contribution >= 4 is 5.97 Å². The molecule has 0 aliphatic carbocycles. The number of carbonyl (C=O) groups excluding carboxylic acids is 1. The average Bonchev–Trinajstić information content (AvgIpc) is 2.31. The molecule has 0 aliphatic heterocycles. The third kappa shape index (κ3) is 3.39. The molecule has 0 unspecified atom stereocenters. The number of hydrogen-bond donors (Lipinski definition) is 0. The third-order valence-electron chi connectivity index (χ3n) is 2.19. The van der Waals surface area contributed by atoms with Crippen molar-refractivity contribution in [2.24, 2.45) is 0 Å². The Labute approximate surface area is 92.3 Å². The van der Waals surface area contributed by atoms with Crippen LogP contribution < -0.4 is 0 Å². The Morgan fingerprint density at radius 3 is 2.00 bits per heavy atom. The van der Waals surface area contributed by atoms with Crippen LogP contribution in [-0.4, -0.2) is 13.1 Å². The molecule has 84 valence electrons. The van der Waals surface area contributed by atoms with Gasteiger partial charge >= 0.3 is 5.97 Å². The Morgan fingerprint density at radius 2 is 1.60 bits per heavy atom. The number of carbonyl (C=O) groups is 1. The van der Waals surface area contributed by atoms with Gasteiger partial charge in [-0.2, -0.15) is 0 Å². The Kier molecular flexibility index (Phi) is 5.68. The minimum Gasteiger partial charge on any atom is -0.468 e. The average molecular weight is 208 g/mol. The number of hydrogen-bond acceptors (Lipinski definition) is 2. The molecule has 0 aliphatic rings. The molecule has 2 heteroatoms. The molecule has 0 radical (unpaired) electrons. The predicted molar refractivity (Wildman–Crippen MR) is 62.8 cm³/mol. The van der Waals surface area contributed by atoms with Crippen molar-refractivity contribution < 1.29 is 9.53 Å². The van der Waals surface area contributed by atoms with Gasteiger partial charge in [0.05, 0.1) is 12.5 Å². The molecule has 0 heterocycles. The molecule has 0 atom stereocenters. The number of benzene rings is 1. The van der Waals surface area contributed by atoms with Crippen LogP contribution in [0.25, 0.3) is 0 Å². The van der Waals surface area contributed by atoms with Gasteiger partial charge in [-0.3, -0.25) is 4.79 Å². The van der Waals surface area contributed by atoms with E-state index in [0.29, 0.717) is 0 Å². The van der Waals surface area contributed by atoms with Gasteiger partial charge in [-0.15, -0.1) is 0 Å². The molecule has 0 bridgehead atoms. The molecule has 0 spiro atoms. The van der Waals surface area contributed by atoms with Crippen LogP contribution in [0.2, 0.25) is 0 Å². The summed E-state index contributed by atoms with van der Waals surface area (Å²) in [6.45, 7) is 7.71. The van der Waals surface area contributed by atoms with Crippen molar-refractivity contribution in [1.82, 2.24) is 0 Å². The monoisotopic (exact) mass is 208 g/mol. The van der Waals surface area contributed by atoms with Crippen molar-refractivity contribution in [2.75, 3.05) is 7.11 Å². The minimum atomic E-state index is -0.560. The SMILES string of the molecule is CC.COC(=O)C(C)(C)c1ccccc1. The van der Waals surface area contributed by atoms with E-state index in [1.165, 1.54) is 7.11 Å². The topological polar surface area (TPSA) is 26.3 Å². The number of ether oxygens (including phenoxy) is 1. The highest BCUT2D eigenvalue weighted by Gasteiger charge is 2.30. The fraction of sp³-hybridized carbons (Fsp3) is 0.462. The van der Waals surface area contributed by atoms with Gasteiger partial charge in [0, 0.05) is 0 Å². The summed E-state index contributed by atoms with van der Waals surface area (Å²) in [4.78, 5) is 11.4. The lowest BCUT2D eigenvalue weighted by molar-refractivity contribution is -0.146. The van der Waals surface area contributed by atoms with Gasteiger partial charge in [-0.1, -0.05) is 44.2 Å². The predicted octanol–water partition coefficient (Wildman–Crippen LogP) is 3.16. The van der Waals surface area contributed by atoms with Gasteiger partial charge in [-0.05, 0) is 19.4 Å². The lowest BCUT2D eigenvalue weighted by Crippen LogP contribution is -2.29. The van der Waals surface area contributed by atoms with Crippen LogP contribution in [0.15, 0.2) is 30.3 Å². The van der Waals surface area contributed by atoms with E-state index >= 15 is 0 Å². The maximum atomic E-state index is 11.4. The summed E-state index contributed by atoms with van der Waals surface area (Å²) in [5.74, 6) is -0.210. The fourth-order valence-corrected chi connectivity index (χ4v) is 1.23. The van der Waals surface area contributed by atoms with Crippen molar-refractivity contribution in [3.05, 3.63) is 35.9 Å². The van der Waals surface area contributed by atoms with Crippen molar-refractivity contribution in [1.29, 1.82) is 0 Å². The number of esters is 1. The highest BCUT2D eigenvalue weighted by molar-refractivity contribution is 5.81. The Bertz CT molecular complexity index is 289. The van der Waals surface area contributed by atoms with E-state index in [2.05, 4.69) is 0 Å². The van der Waals surface area contributed by atoms with Crippen LogP contribution in [0.5, 0.6) is 0 Å². The third-order valence-corrected chi connectivity index (χ3v) is 2.19. The first-order valence-corrected chi connectivity index (χ1v) is 5.23. The second kappa shape index (κ2) is 6.23. The molecule has 0 amide bonds. The summed E-state index contributed by atoms with van der Waals surface area (Å²) in [5, 5.41) is 0. The van der Waals surface area contributed by atoms with Gasteiger partial charge in [0.2, 0.25) is 0 Å². The molecule has 0 saturated heterocycles. The maximum Gasteiger partial charge on any atom is 0.315 e. The zero-order valence-corrected chi connectivity index (χ0v) is 10.2. The minimum absolute atomic E-state index is 0.210. The first kappa shape index (κ1) is 13.7. The number of methoxy groups -OCH3 is 1. The highest BCUT2D eigenvalue weighted by Crippen LogP contribution is 2.23. The van der Waals surface area contributed by atoms with Crippen LogP contribution in [0.1, 0.15) is 33.3 Å². The van der Waals surface area contributed by atoms with E-state index in [9.17, 15) is 4.79 Å². The van der Waals surface area contributed by atoms with Gasteiger partial charge < -0.3 is 4.74 Å². The lowest BCUT2D eigenvalue weighted by Gasteiger charge is -2.21. The molecule has 0 aromatic heterocycles. The molecule has 1 aromatic rings. The molecule has 2 nitrogen and oxygen atoms in total. The van der Waals surface area contributed by atoms with E-state index in [0.717, 1.165) is 5.56 Å². The maximum absolute atomic E-state index is 11.4. The van der Waals surface area contributed by atoms with Gasteiger partial charge in [0.25, 0.3) is 0 Å². The molecule has 0 saturated carbocycles. The molecular formula is C13H20O2. The first-order chi connectivity index (χ1) is 7.09. The molecule has 1 rings (SSSR count). The molecule has 0 N–H and O–H groups in total. The van der Waals surface area contributed by atoms with Gasteiger partial charge in [0.15, 0.2) is 0 Å². The molecule has 0 fully saturated rings. The van der Waals surface area contributed by atoms with E-state index in [-0.39, 0.29) is 5.97 Å². The van der Waals surface area contributed by atoms with Crippen molar-refractivity contribution in [3.8, 4) is 0 Å². The van der Waals surface area contributed by atoms with Crippen LogP contribution in [-0.2, 0) is 14.9 Å². The smallest absolute Gasteiger partial charge is 0.315 e. The van der Waals surface area contributed by atoms with Crippen LogP contribution >= 0.6 is 0 Å². The first-order valence-electron chi connectivity index (χ1n) is 5.23. The summed E-state index contributed by atoms with van der Waals surface area (Å²) < 4.78 is 4.73. The highest BCUT2D eigenvalue weighted by atomic mass is 16.5. The van der Waals surface area contributed by atoms with Crippen molar-refractivity contribution in [3.63, 3.8) is 0 Å². The summed E-state index contributed by atoms with van der Waals surface area (Å²) in [5.41, 5.74) is 0.414. The van der Waals surface area contributed by atoms with Crippen LogP contribution in [0.4, 0.5) is 0 Å². The van der Waals surface area contributed by atoms with E-state index in [1.807, 2.05) is 58.0 Å².